The largest absolute Gasteiger partial charge is 0.415 e. The molecule has 0 unspecified atom stereocenters. The summed E-state index contributed by atoms with van der Waals surface area (Å²) in [6, 6.07) is 5.92. The van der Waals surface area contributed by atoms with E-state index < -0.39 is 24.2 Å². The topological polar surface area (TPSA) is 128 Å². The number of aryl methyl sites for hydroxylation is 1. The molecule has 1 amide bonds. The number of amides is 1. The van der Waals surface area contributed by atoms with Crippen LogP contribution in [0, 0.1) is 6.92 Å². The van der Waals surface area contributed by atoms with E-state index in [0.29, 0.717) is 36.9 Å². The fourth-order valence-electron chi connectivity index (χ4n) is 3.09. The van der Waals surface area contributed by atoms with Crippen molar-refractivity contribution in [1.82, 2.24) is 9.71 Å². The summed E-state index contributed by atoms with van der Waals surface area (Å²) in [6.45, 7) is 13.9. The Morgan fingerprint density at radius 1 is 1.27 bits per heavy atom. The van der Waals surface area contributed by atoms with Crippen LogP contribution in [0.2, 0.25) is 18.1 Å². The second kappa shape index (κ2) is 12.1. The minimum absolute atomic E-state index is 0.0134. The Morgan fingerprint density at radius 2 is 1.97 bits per heavy atom. The van der Waals surface area contributed by atoms with Crippen molar-refractivity contribution in [3.8, 4) is 0 Å². The van der Waals surface area contributed by atoms with Gasteiger partial charge in [-0.15, -0.1) is 11.3 Å². The van der Waals surface area contributed by atoms with Crippen molar-refractivity contribution in [3.63, 3.8) is 0 Å². The number of hydrogen-bond acceptors (Lipinski definition) is 9. The van der Waals surface area contributed by atoms with E-state index >= 15 is 0 Å². The van der Waals surface area contributed by atoms with Crippen molar-refractivity contribution < 1.29 is 27.2 Å². The van der Waals surface area contributed by atoms with Gasteiger partial charge >= 0.3 is 0 Å². The molecular weight excluding hydrogens is 533 g/mol. The van der Waals surface area contributed by atoms with Gasteiger partial charge in [-0.05, 0) is 37.2 Å². The average molecular weight is 569 g/mol. The third-order valence-corrected chi connectivity index (χ3v) is 13.2. The molecule has 10 nitrogen and oxygen atoms in total. The standard InChI is InChI=1S/C24H36N4O6S2Si/c1-17-15-25-23(35-17)27-22(29)21(28-34-19-11-13-32-16-19)18-7-9-20(10-8-18)36(30,31)26-12-14-33-37(5,6)24(2,3)4/h7-10,15,19,26H,11-14,16H2,1-6H3,(H,25,27,29)/b28-21+/t19-/m1/s1. The summed E-state index contributed by atoms with van der Waals surface area (Å²) in [7, 11) is -5.72. The van der Waals surface area contributed by atoms with E-state index in [1.807, 2.05) is 6.92 Å². The first-order valence-electron chi connectivity index (χ1n) is 12.1. The number of anilines is 1. The SMILES string of the molecule is Cc1cnc(NC(=O)/C(=N/O[C@@H]2CCOC2)c2ccc(S(=O)(=O)NCCO[Si](C)(C)C(C)(C)C)cc2)s1. The number of hydrogen-bond donors (Lipinski definition) is 2. The third-order valence-electron chi connectivity index (χ3n) is 6.34. The fraction of sp³-hybridized carbons (Fsp3) is 0.542. The van der Waals surface area contributed by atoms with Crippen molar-refractivity contribution in [1.29, 1.82) is 0 Å². The highest BCUT2D eigenvalue weighted by atomic mass is 32.2. The number of benzene rings is 1. The van der Waals surface area contributed by atoms with Crippen molar-refractivity contribution in [2.24, 2.45) is 5.16 Å². The number of ether oxygens (including phenoxy) is 1. The molecule has 0 bridgehead atoms. The van der Waals surface area contributed by atoms with Gasteiger partial charge in [-0.2, -0.15) is 0 Å². The highest BCUT2D eigenvalue weighted by Gasteiger charge is 2.37. The maximum atomic E-state index is 13.0. The minimum atomic E-state index is -3.76. The number of nitrogens with one attached hydrogen (secondary N) is 2. The highest BCUT2D eigenvalue weighted by molar-refractivity contribution is 7.89. The second-order valence-corrected chi connectivity index (χ2v) is 18.1. The Balaban J connectivity index is 1.70. The molecule has 3 rings (SSSR count). The van der Waals surface area contributed by atoms with Gasteiger partial charge in [-0.1, -0.05) is 38.1 Å². The predicted molar refractivity (Wildman–Crippen MR) is 147 cm³/mol. The summed E-state index contributed by atoms with van der Waals surface area (Å²) in [5.74, 6) is -0.509. The monoisotopic (exact) mass is 568 g/mol. The Kier molecular flexibility index (Phi) is 9.64. The molecule has 1 aromatic heterocycles. The van der Waals surface area contributed by atoms with E-state index in [1.54, 1.807) is 6.20 Å². The summed E-state index contributed by atoms with van der Waals surface area (Å²) >= 11 is 1.34. The molecule has 13 heteroatoms. The van der Waals surface area contributed by atoms with Gasteiger partial charge in [0.25, 0.3) is 5.91 Å². The van der Waals surface area contributed by atoms with Gasteiger partial charge in [0.1, 0.15) is 0 Å². The van der Waals surface area contributed by atoms with Crippen molar-refractivity contribution in [2.45, 2.75) is 63.2 Å². The molecule has 0 aliphatic carbocycles. The van der Waals surface area contributed by atoms with Gasteiger partial charge in [0, 0.05) is 36.2 Å². The molecule has 37 heavy (non-hydrogen) atoms. The Labute approximate surface area is 224 Å². The van der Waals surface area contributed by atoms with Crippen LogP contribution in [0.5, 0.6) is 0 Å². The van der Waals surface area contributed by atoms with Crippen LogP contribution in [0.15, 0.2) is 40.5 Å². The van der Waals surface area contributed by atoms with E-state index in [-0.39, 0.29) is 28.3 Å². The number of oxime groups is 1. The lowest BCUT2D eigenvalue weighted by Gasteiger charge is -2.36. The zero-order valence-corrected chi connectivity index (χ0v) is 24.8. The van der Waals surface area contributed by atoms with Gasteiger partial charge in [-0.25, -0.2) is 18.1 Å². The van der Waals surface area contributed by atoms with Crippen molar-refractivity contribution >= 4 is 46.4 Å². The van der Waals surface area contributed by atoms with E-state index in [9.17, 15) is 13.2 Å². The highest BCUT2D eigenvalue weighted by Crippen LogP contribution is 2.36. The molecule has 1 fully saturated rings. The summed E-state index contributed by atoms with van der Waals surface area (Å²) < 4.78 is 39.5. The molecule has 1 atom stereocenters. The molecule has 1 aliphatic rings. The Morgan fingerprint density at radius 3 is 2.54 bits per heavy atom. The molecule has 1 saturated heterocycles. The summed E-state index contributed by atoms with van der Waals surface area (Å²) in [5, 5.41) is 7.30. The number of sulfonamides is 1. The van der Waals surface area contributed by atoms with Crippen LogP contribution in [-0.4, -0.2) is 65.8 Å². The summed E-state index contributed by atoms with van der Waals surface area (Å²) in [4.78, 5) is 23.7. The van der Waals surface area contributed by atoms with Gasteiger partial charge in [0.05, 0.1) is 18.1 Å². The van der Waals surface area contributed by atoms with Crippen LogP contribution in [0.4, 0.5) is 5.13 Å². The van der Waals surface area contributed by atoms with Crippen molar-refractivity contribution in [3.05, 3.63) is 40.9 Å². The van der Waals surface area contributed by atoms with Crippen LogP contribution < -0.4 is 10.0 Å². The van der Waals surface area contributed by atoms with Gasteiger partial charge in [0.2, 0.25) is 10.0 Å². The van der Waals surface area contributed by atoms with E-state index in [4.69, 9.17) is 14.0 Å². The average Bonchev–Trinajstić information content (AvgIpc) is 3.48. The van der Waals surface area contributed by atoms with Crippen LogP contribution >= 0.6 is 11.3 Å². The number of nitrogens with zero attached hydrogens (tertiary/aromatic N) is 2. The lowest BCUT2D eigenvalue weighted by molar-refractivity contribution is -0.110. The van der Waals surface area contributed by atoms with Crippen LogP contribution in [0.25, 0.3) is 0 Å². The normalized spacial score (nSPS) is 17.1. The van der Waals surface area contributed by atoms with Crippen LogP contribution in [0.3, 0.4) is 0 Å². The van der Waals surface area contributed by atoms with Crippen LogP contribution in [0.1, 0.15) is 37.6 Å². The molecule has 2 heterocycles. The molecular formula is C24H36N4O6S2Si. The summed E-state index contributed by atoms with van der Waals surface area (Å²) in [6.07, 6.45) is 2.08. The fourth-order valence-corrected chi connectivity index (χ4v) is 5.81. The molecule has 204 valence electrons. The maximum Gasteiger partial charge on any atom is 0.280 e. The van der Waals surface area contributed by atoms with E-state index in [0.717, 1.165) is 4.88 Å². The molecule has 1 aliphatic heterocycles. The third kappa shape index (κ3) is 8.16. The maximum absolute atomic E-state index is 13.0. The minimum Gasteiger partial charge on any atom is -0.415 e. The lowest BCUT2D eigenvalue weighted by Crippen LogP contribution is -2.42. The predicted octanol–water partition coefficient (Wildman–Crippen LogP) is 3.90. The lowest BCUT2D eigenvalue weighted by atomic mass is 10.1. The Bertz CT molecular complexity index is 1200. The molecule has 2 aromatic rings. The number of carbonyl (C=O) groups excluding carboxylic acids is 1. The zero-order valence-electron chi connectivity index (χ0n) is 22.2. The first-order chi connectivity index (χ1) is 17.3. The molecule has 1 aromatic carbocycles. The smallest absolute Gasteiger partial charge is 0.280 e. The van der Waals surface area contributed by atoms with Gasteiger partial charge < -0.3 is 14.0 Å². The first kappa shape index (κ1) is 29.4. The quantitative estimate of drug-likeness (QED) is 0.182. The Hall–Kier alpha value is -2.16. The number of carbonyl (C=O) groups is 1. The van der Waals surface area contributed by atoms with Crippen LogP contribution in [-0.2, 0) is 28.8 Å². The van der Waals surface area contributed by atoms with Gasteiger partial charge in [0.15, 0.2) is 25.3 Å². The second-order valence-electron chi connectivity index (χ2n) is 10.3. The van der Waals surface area contributed by atoms with E-state index in [1.165, 1.54) is 35.6 Å². The molecule has 2 N–H and O–H groups in total. The molecule has 0 spiro atoms. The number of aromatic nitrogens is 1. The van der Waals surface area contributed by atoms with Crippen molar-refractivity contribution in [2.75, 3.05) is 31.7 Å². The van der Waals surface area contributed by atoms with Gasteiger partial charge in [-0.3, -0.25) is 10.1 Å². The number of thiazole rings is 1. The first-order valence-corrected chi connectivity index (χ1v) is 17.3. The molecule has 0 saturated carbocycles. The van der Waals surface area contributed by atoms with E-state index in [2.05, 4.69) is 54.0 Å². The zero-order chi connectivity index (χ0) is 27.3. The summed E-state index contributed by atoms with van der Waals surface area (Å²) in [5.41, 5.74) is 0.421. The molecule has 0 radical (unpaired) electrons. The number of rotatable bonds is 11.